The summed E-state index contributed by atoms with van der Waals surface area (Å²) < 4.78 is 22.1. The normalized spacial score (nSPS) is 18.1. The van der Waals surface area contributed by atoms with Crippen LogP contribution in [-0.4, -0.2) is 50.6 Å². The van der Waals surface area contributed by atoms with E-state index in [1.54, 1.807) is 0 Å². The molecular formula is C26H32O6. The number of hydrogen-bond acceptors (Lipinski definition) is 6. The average molecular weight is 441 g/mol. The topological polar surface area (TPSA) is 71.1 Å². The molecular weight excluding hydrogens is 408 g/mol. The van der Waals surface area contributed by atoms with E-state index in [4.69, 9.17) is 18.9 Å². The van der Waals surface area contributed by atoms with Crippen LogP contribution >= 0.6 is 0 Å². The molecule has 0 aliphatic carbocycles. The summed E-state index contributed by atoms with van der Waals surface area (Å²) in [5.74, 6) is -0.479. The van der Waals surface area contributed by atoms with Crippen LogP contribution in [0.15, 0.2) is 60.7 Å². The number of hydrogen-bond donors (Lipinski definition) is 0. The lowest BCUT2D eigenvalue weighted by molar-refractivity contribution is -0.183. The SMILES string of the molecule is O=C(CCCc1ccccc1)OCC1COCC(COC(=O)CCCc2ccccc2)O1. The van der Waals surface area contributed by atoms with Crippen molar-refractivity contribution in [3.8, 4) is 0 Å². The molecule has 0 spiro atoms. The fourth-order valence-electron chi connectivity index (χ4n) is 3.54. The minimum Gasteiger partial charge on any atom is -0.463 e. The first kappa shape index (κ1) is 24.0. The molecule has 0 N–H and O–H groups in total. The van der Waals surface area contributed by atoms with Crippen molar-refractivity contribution in [1.29, 1.82) is 0 Å². The van der Waals surface area contributed by atoms with Crippen molar-refractivity contribution < 1.29 is 28.5 Å². The Labute approximate surface area is 189 Å². The second kappa shape index (κ2) is 13.7. The van der Waals surface area contributed by atoms with Gasteiger partial charge in [0.1, 0.15) is 25.4 Å². The second-order valence-electron chi connectivity index (χ2n) is 7.96. The minimum absolute atomic E-state index is 0.145. The van der Waals surface area contributed by atoms with Gasteiger partial charge in [0.15, 0.2) is 0 Å². The third-order valence-corrected chi connectivity index (χ3v) is 5.23. The van der Waals surface area contributed by atoms with Crippen LogP contribution in [0.1, 0.15) is 36.8 Å². The summed E-state index contributed by atoms with van der Waals surface area (Å²) in [6.07, 6.45) is 3.22. The van der Waals surface area contributed by atoms with Crippen molar-refractivity contribution >= 4 is 11.9 Å². The molecule has 3 rings (SSSR count). The lowest BCUT2D eigenvalue weighted by Crippen LogP contribution is -2.41. The molecule has 1 aliphatic rings. The van der Waals surface area contributed by atoms with Gasteiger partial charge in [0.25, 0.3) is 0 Å². The van der Waals surface area contributed by atoms with Crippen LogP contribution in [0.4, 0.5) is 0 Å². The van der Waals surface area contributed by atoms with Gasteiger partial charge in [0.2, 0.25) is 0 Å². The molecule has 0 radical (unpaired) electrons. The van der Waals surface area contributed by atoms with Gasteiger partial charge < -0.3 is 18.9 Å². The number of carbonyl (C=O) groups excluding carboxylic acids is 2. The monoisotopic (exact) mass is 440 g/mol. The third kappa shape index (κ3) is 9.20. The summed E-state index contributed by atoms with van der Waals surface area (Å²) in [5, 5.41) is 0. The van der Waals surface area contributed by atoms with Crippen LogP contribution in [0, 0.1) is 0 Å². The van der Waals surface area contributed by atoms with E-state index in [0.29, 0.717) is 26.1 Å². The van der Waals surface area contributed by atoms with Crippen LogP contribution < -0.4 is 0 Å². The number of carbonyl (C=O) groups is 2. The zero-order valence-corrected chi connectivity index (χ0v) is 18.4. The largest absolute Gasteiger partial charge is 0.463 e. The molecule has 1 aliphatic heterocycles. The van der Waals surface area contributed by atoms with Crippen molar-refractivity contribution in [3.63, 3.8) is 0 Å². The van der Waals surface area contributed by atoms with Crippen LogP contribution in [0.25, 0.3) is 0 Å². The van der Waals surface area contributed by atoms with Gasteiger partial charge in [0, 0.05) is 12.8 Å². The van der Waals surface area contributed by atoms with Crippen molar-refractivity contribution in [2.24, 2.45) is 0 Å². The third-order valence-electron chi connectivity index (χ3n) is 5.23. The molecule has 2 aromatic rings. The number of ether oxygens (including phenoxy) is 4. The molecule has 1 heterocycles. The summed E-state index contributed by atoms with van der Waals surface area (Å²) in [4.78, 5) is 24.0. The molecule has 6 nitrogen and oxygen atoms in total. The fourth-order valence-corrected chi connectivity index (χ4v) is 3.54. The predicted octanol–water partition coefficient (Wildman–Crippen LogP) is 3.90. The van der Waals surface area contributed by atoms with E-state index < -0.39 is 0 Å². The Balaban J connectivity index is 1.25. The molecule has 0 amide bonds. The molecule has 0 bridgehead atoms. The summed E-state index contributed by atoms with van der Waals surface area (Å²) in [5.41, 5.74) is 2.42. The van der Waals surface area contributed by atoms with Crippen LogP contribution in [0.2, 0.25) is 0 Å². The van der Waals surface area contributed by atoms with Crippen molar-refractivity contribution in [2.45, 2.75) is 50.7 Å². The van der Waals surface area contributed by atoms with E-state index >= 15 is 0 Å². The Morgan fingerprint density at radius 1 is 0.719 bits per heavy atom. The highest BCUT2D eigenvalue weighted by Crippen LogP contribution is 2.12. The minimum atomic E-state index is -0.344. The zero-order valence-electron chi connectivity index (χ0n) is 18.4. The number of benzene rings is 2. The first-order chi connectivity index (χ1) is 15.7. The average Bonchev–Trinajstić information content (AvgIpc) is 2.83. The Kier molecular flexibility index (Phi) is 10.2. The highest BCUT2D eigenvalue weighted by molar-refractivity contribution is 5.69. The molecule has 32 heavy (non-hydrogen) atoms. The molecule has 1 fully saturated rings. The molecule has 0 saturated carbocycles. The van der Waals surface area contributed by atoms with E-state index in [2.05, 4.69) is 24.3 Å². The quantitative estimate of drug-likeness (QED) is 0.466. The van der Waals surface area contributed by atoms with E-state index in [9.17, 15) is 9.59 Å². The fraction of sp³-hybridized carbons (Fsp3) is 0.462. The van der Waals surface area contributed by atoms with Gasteiger partial charge in [-0.1, -0.05) is 60.7 Å². The van der Waals surface area contributed by atoms with Gasteiger partial charge in [-0.2, -0.15) is 0 Å². The van der Waals surface area contributed by atoms with E-state index in [0.717, 1.165) is 25.7 Å². The molecule has 1 saturated heterocycles. The summed E-state index contributed by atoms with van der Waals surface area (Å²) in [7, 11) is 0. The Hall–Kier alpha value is -2.70. The highest BCUT2D eigenvalue weighted by atomic mass is 16.6. The van der Waals surface area contributed by atoms with Crippen molar-refractivity contribution in [2.75, 3.05) is 26.4 Å². The Morgan fingerprint density at radius 3 is 1.59 bits per heavy atom. The van der Waals surface area contributed by atoms with E-state index in [1.807, 2.05) is 36.4 Å². The number of esters is 2. The number of rotatable bonds is 12. The van der Waals surface area contributed by atoms with E-state index in [-0.39, 0.29) is 37.4 Å². The maximum atomic E-state index is 12.0. The Bertz CT molecular complexity index is 740. The lowest BCUT2D eigenvalue weighted by atomic mass is 10.1. The van der Waals surface area contributed by atoms with E-state index in [1.165, 1.54) is 11.1 Å². The van der Waals surface area contributed by atoms with Crippen LogP contribution in [0.5, 0.6) is 0 Å². The first-order valence-corrected chi connectivity index (χ1v) is 11.3. The second-order valence-corrected chi connectivity index (χ2v) is 7.96. The predicted molar refractivity (Wildman–Crippen MR) is 120 cm³/mol. The molecule has 2 unspecified atom stereocenters. The van der Waals surface area contributed by atoms with Gasteiger partial charge in [0.05, 0.1) is 13.2 Å². The maximum Gasteiger partial charge on any atom is 0.305 e. The van der Waals surface area contributed by atoms with Gasteiger partial charge >= 0.3 is 11.9 Å². The van der Waals surface area contributed by atoms with Crippen molar-refractivity contribution in [1.82, 2.24) is 0 Å². The van der Waals surface area contributed by atoms with Gasteiger partial charge in [-0.25, -0.2) is 0 Å². The first-order valence-electron chi connectivity index (χ1n) is 11.3. The smallest absolute Gasteiger partial charge is 0.305 e. The summed E-state index contributed by atoms with van der Waals surface area (Å²) >= 11 is 0. The van der Waals surface area contributed by atoms with Crippen LogP contribution in [0.3, 0.4) is 0 Å². The van der Waals surface area contributed by atoms with Gasteiger partial charge in [-0.15, -0.1) is 0 Å². The molecule has 2 atom stereocenters. The number of aryl methyl sites for hydroxylation is 2. The summed E-state index contributed by atoms with van der Waals surface area (Å²) in [6.45, 7) is 1.01. The standard InChI is InChI=1S/C26H32O6/c27-25(15-7-13-21-9-3-1-4-10-21)30-19-23-17-29-18-24(32-23)20-31-26(28)16-8-14-22-11-5-2-6-12-22/h1-6,9-12,23-24H,7-8,13-20H2. The summed E-state index contributed by atoms with van der Waals surface area (Å²) in [6, 6.07) is 20.1. The highest BCUT2D eigenvalue weighted by Gasteiger charge is 2.25. The molecule has 172 valence electrons. The maximum absolute atomic E-state index is 12.0. The molecule has 2 aromatic carbocycles. The van der Waals surface area contributed by atoms with Crippen molar-refractivity contribution in [3.05, 3.63) is 71.8 Å². The lowest BCUT2D eigenvalue weighted by Gasteiger charge is -2.29. The zero-order chi connectivity index (χ0) is 22.4. The Morgan fingerprint density at radius 2 is 1.16 bits per heavy atom. The molecule has 6 heteroatoms. The van der Waals surface area contributed by atoms with Crippen LogP contribution in [-0.2, 0) is 41.4 Å². The van der Waals surface area contributed by atoms with Gasteiger partial charge in [-0.05, 0) is 36.8 Å². The molecule has 0 aromatic heterocycles. The van der Waals surface area contributed by atoms with Gasteiger partial charge in [-0.3, -0.25) is 9.59 Å².